The molecule has 3 rings (SSSR count). The molecule has 2 aromatic rings. The number of fused-ring (bicyclic) bond motifs is 1. The first-order valence-electron chi connectivity index (χ1n) is 5.24. The highest BCUT2D eigenvalue weighted by atomic mass is 32.1. The zero-order valence-corrected chi connectivity index (χ0v) is 9.45. The lowest BCUT2D eigenvalue weighted by Gasteiger charge is -2.09. The van der Waals surface area contributed by atoms with Crippen LogP contribution in [0.1, 0.15) is 28.3 Å². The third-order valence-corrected chi connectivity index (χ3v) is 4.03. The number of thiophene rings is 1. The summed E-state index contributed by atoms with van der Waals surface area (Å²) in [5.74, 6) is 0.355. The first-order chi connectivity index (χ1) is 7.90. The van der Waals surface area contributed by atoms with Crippen LogP contribution >= 0.6 is 11.3 Å². The molecule has 0 unspecified atom stereocenters. The molecule has 0 aliphatic heterocycles. The van der Waals surface area contributed by atoms with Crippen LogP contribution in [0.5, 0.6) is 0 Å². The summed E-state index contributed by atoms with van der Waals surface area (Å²) >= 11 is 1.65. The molecule has 1 heterocycles. The van der Waals surface area contributed by atoms with E-state index in [1.54, 1.807) is 11.3 Å². The zero-order valence-electron chi connectivity index (χ0n) is 8.63. The van der Waals surface area contributed by atoms with Crippen molar-refractivity contribution in [2.24, 2.45) is 5.16 Å². The van der Waals surface area contributed by atoms with Gasteiger partial charge < -0.3 is 5.21 Å². The summed E-state index contributed by atoms with van der Waals surface area (Å²) < 4.78 is 0. The van der Waals surface area contributed by atoms with Crippen molar-refractivity contribution in [1.82, 2.24) is 0 Å². The average Bonchev–Trinajstić information content (AvgIpc) is 2.91. The van der Waals surface area contributed by atoms with Gasteiger partial charge in [-0.1, -0.05) is 35.5 Å². The van der Waals surface area contributed by atoms with Crippen molar-refractivity contribution in [3.63, 3.8) is 0 Å². The monoisotopic (exact) mass is 229 g/mol. The second-order valence-corrected chi connectivity index (χ2v) is 4.84. The fourth-order valence-corrected chi connectivity index (χ4v) is 3.25. The molecule has 1 aromatic carbocycles. The summed E-state index contributed by atoms with van der Waals surface area (Å²) in [6, 6.07) is 12.5. The molecule has 80 valence electrons. The van der Waals surface area contributed by atoms with Gasteiger partial charge >= 0.3 is 0 Å². The van der Waals surface area contributed by atoms with Crippen molar-refractivity contribution in [2.45, 2.75) is 12.3 Å². The molecule has 0 saturated heterocycles. The Balaban J connectivity index is 2.08. The van der Waals surface area contributed by atoms with Crippen LogP contribution in [0.4, 0.5) is 0 Å². The first kappa shape index (κ1) is 9.60. The van der Waals surface area contributed by atoms with Crippen molar-refractivity contribution >= 4 is 17.0 Å². The van der Waals surface area contributed by atoms with E-state index in [-0.39, 0.29) is 0 Å². The van der Waals surface area contributed by atoms with Crippen molar-refractivity contribution in [2.75, 3.05) is 0 Å². The lowest BCUT2D eigenvalue weighted by molar-refractivity contribution is 0.318. The third-order valence-electron chi connectivity index (χ3n) is 3.05. The van der Waals surface area contributed by atoms with Crippen LogP contribution in [-0.2, 0) is 0 Å². The van der Waals surface area contributed by atoms with E-state index in [2.05, 4.69) is 40.9 Å². The fourth-order valence-electron chi connectivity index (χ4n) is 2.29. The predicted octanol–water partition coefficient (Wildman–Crippen LogP) is 3.46. The molecule has 0 spiro atoms. The van der Waals surface area contributed by atoms with Gasteiger partial charge in [-0.15, -0.1) is 11.3 Å². The lowest BCUT2D eigenvalue weighted by Crippen LogP contribution is -1.97. The summed E-state index contributed by atoms with van der Waals surface area (Å²) in [5, 5.41) is 14.5. The molecule has 0 saturated carbocycles. The first-order valence-corrected chi connectivity index (χ1v) is 6.11. The Bertz CT molecular complexity index is 530. The molecule has 16 heavy (non-hydrogen) atoms. The lowest BCUT2D eigenvalue weighted by atomic mass is 9.94. The molecule has 1 aliphatic carbocycles. The number of nitrogens with zero attached hydrogens (tertiary/aromatic N) is 1. The predicted molar refractivity (Wildman–Crippen MR) is 65.5 cm³/mol. The van der Waals surface area contributed by atoms with Crippen molar-refractivity contribution in [3.05, 3.63) is 57.8 Å². The second-order valence-electron chi connectivity index (χ2n) is 3.92. The van der Waals surface area contributed by atoms with Gasteiger partial charge in [0.25, 0.3) is 0 Å². The van der Waals surface area contributed by atoms with Crippen molar-refractivity contribution in [1.29, 1.82) is 0 Å². The minimum absolute atomic E-state index is 0.355. The minimum Gasteiger partial charge on any atom is -0.411 e. The fraction of sp³-hybridized carbons (Fsp3) is 0.154. The Morgan fingerprint density at radius 1 is 1.19 bits per heavy atom. The summed E-state index contributed by atoms with van der Waals surface area (Å²) in [7, 11) is 0. The van der Waals surface area contributed by atoms with E-state index in [1.165, 1.54) is 11.1 Å². The van der Waals surface area contributed by atoms with Gasteiger partial charge in [0, 0.05) is 12.3 Å². The van der Waals surface area contributed by atoms with Gasteiger partial charge in [0.1, 0.15) is 0 Å². The van der Waals surface area contributed by atoms with E-state index in [0.29, 0.717) is 5.92 Å². The topological polar surface area (TPSA) is 32.6 Å². The number of hydrogen-bond acceptors (Lipinski definition) is 3. The molecular formula is C13H11NOS. The maximum atomic E-state index is 8.99. The van der Waals surface area contributed by atoms with Gasteiger partial charge in [-0.25, -0.2) is 0 Å². The van der Waals surface area contributed by atoms with Gasteiger partial charge in [-0.3, -0.25) is 0 Å². The number of benzene rings is 1. The van der Waals surface area contributed by atoms with Crippen LogP contribution in [0.25, 0.3) is 0 Å². The Kier molecular flexibility index (Phi) is 2.26. The molecule has 0 radical (unpaired) electrons. The van der Waals surface area contributed by atoms with E-state index in [4.69, 9.17) is 5.21 Å². The van der Waals surface area contributed by atoms with Gasteiger partial charge in [0.15, 0.2) is 0 Å². The summed E-state index contributed by atoms with van der Waals surface area (Å²) in [6.45, 7) is 0. The molecule has 1 atom stereocenters. The summed E-state index contributed by atoms with van der Waals surface area (Å²) in [5.41, 5.74) is 3.41. The Hall–Kier alpha value is -1.61. The minimum atomic E-state index is 0.355. The molecule has 0 bridgehead atoms. The molecule has 3 heteroatoms. The molecule has 1 aromatic heterocycles. The Labute approximate surface area is 97.9 Å². The van der Waals surface area contributed by atoms with Crippen LogP contribution in [0.15, 0.2) is 46.9 Å². The van der Waals surface area contributed by atoms with Crippen molar-refractivity contribution < 1.29 is 5.21 Å². The largest absolute Gasteiger partial charge is 0.411 e. The maximum absolute atomic E-state index is 8.99. The quantitative estimate of drug-likeness (QED) is 0.589. The zero-order chi connectivity index (χ0) is 11.0. The van der Waals surface area contributed by atoms with Gasteiger partial charge in [-0.2, -0.15) is 0 Å². The molecule has 2 nitrogen and oxygen atoms in total. The van der Waals surface area contributed by atoms with E-state index in [1.807, 2.05) is 6.07 Å². The number of rotatable bonds is 1. The highest BCUT2D eigenvalue weighted by Gasteiger charge is 2.30. The smallest absolute Gasteiger partial charge is 0.0979 e. The van der Waals surface area contributed by atoms with E-state index in [0.717, 1.165) is 17.0 Å². The summed E-state index contributed by atoms with van der Waals surface area (Å²) in [4.78, 5) is 1.14. The van der Waals surface area contributed by atoms with E-state index < -0.39 is 0 Å². The van der Waals surface area contributed by atoms with Gasteiger partial charge in [0.05, 0.1) is 10.6 Å². The number of oxime groups is 1. The van der Waals surface area contributed by atoms with E-state index in [9.17, 15) is 0 Å². The summed E-state index contributed by atoms with van der Waals surface area (Å²) in [6.07, 6.45) is 0.808. The molecule has 1 aliphatic rings. The Morgan fingerprint density at radius 2 is 2.00 bits per heavy atom. The van der Waals surface area contributed by atoms with E-state index >= 15 is 0 Å². The highest BCUT2D eigenvalue weighted by molar-refractivity contribution is 7.12. The van der Waals surface area contributed by atoms with Crippen LogP contribution in [0.2, 0.25) is 0 Å². The molecule has 0 amide bonds. The van der Waals surface area contributed by atoms with Crippen LogP contribution in [0, 0.1) is 0 Å². The van der Waals surface area contributed by atoms with Crippen LogP contribution < -0.4 is 0 Å². The maximum Gasteiger partial charge on any atom is 0.0979 e. The normalized spacial score (nSPS) is 21.2. The highest BCUT2D eigenvalue weighted by Crippen LogP contribution is 2.40. The van der Waals surface area contributed by atoms with Crippen LogP contribution in [0.3, 0.4) is 0 Å². The van der Waals surface area contributed by atoms with Crippen molar-refractivity contribution in [3.8, 4) is 0 Å². The molecular weight excluding hydrogens is 218 g/mol. The second kappa shape index (κ2) is 3.76. The SMILES string of the molecule is O/N=C1\C[C@H](c2ccccc2)c2ccsc21. The van der Waals surface area contributed by atoms with Crippen LogP contribution in [-0.4, -0.2) is 10.9 Å². The molecule has 0 fully saturated rings. The third kappa shape index (κ3) is 1.36. The number of hydrogen-bond donors (Lipinski definition) is 1. The average molecular weight is 229 g/mol. The van der Waals surface area contributed by atoms with Gasteiger partial charge in [-0.05, 0) is 22.6 Å². The Morgan fingerprint density at radius 3 is 2.75 bits per heavy atom. The standard InChI is InChI=1S/C13H11NOS/c15-14-12-8-11(9-4-2-1-3-5-9)10-6-7-16-13(10)12/h1-7,11,15H,8H2/b14-12+/t11-/m1/s1. The van der Waals surface area contributed by atoms with Gasteiger partial charge in [0.2, 0.25) is 0 Å². The molecule has 1 N–H and O–H groups in total.